The highest BCUT2D eigenvalue weighted by atomic mass is 19.4. The lowest BCUT2D eigenvalue weighted by molar-refractivity contribution is -0.144. The summed E-state index contributed by atoms with van der Waals surface area (Å²) in [6.45, 7) is 4.21. The number of alkyl halides is 3. The third-order valence-electron chi connectivity index (χ3n) is 4.01. The molecule has 0 N–H and O–H groups in total. The summed E-state index contributed by atoms with van der Waals surface area (Å²) in [7, 11) is 0. The van der Waals surface area contributed by atoms with Gasteiger partial charge in [0.1, 0.15) is 0 Å². The first-order chi connectivity index (χ1) is 8.91. The zero-order chi connectivity index (χ0) is 14.1. The number of rotatable bonds is 4. The number of allylic oxidation sites excluding steroid dienone is 5. The Bertz CT molecular complexity index is 420. The minimum Gasteiger partial charge on any atom is -0.294 e. The number of fused-ring (bicyclic) bond motifs is 1. The predicted molar refractivity (Wildman–Crippen MR) is 70.7 cm³/mol. The van der Waals surface area contributed by atoms with Crippen LogP contribution in [0, 0.1) is 11.3 Å². The highest BCUT2D eigenvalue weighted by Gasteiger charge is 2.61. The maximum Gasteiger partial charge on any atom is 0.401 e. The van der Waals surface area contributed by atoms with Crippen LogP contribution in [-0.2, 0) is 0 Å². The molecular formula is C15H20F3N. The molecule has 1 heterocycles. The van der Waals surface area contributed by atoms with Crippen LogP contribution >= 0.6 is 0 Å². The third-order valence-corrected chi connectivity index (χ3v) is 4.01. The average molecular weight is 271 g/mol. The van der Waals surface area contributed by atoms with Crippen LogP contribution < -0.4 is 0 Å². The van der Waals surface area contributed by atoms with Gasteiger partial charge in [-0.05, 0) is 31.8 Å². The molecule has 106 valence electrons. The number of piperidine rings is 1. The molecule has 0 aromatic heterocycles. The van der Waals surface area contributed by atoms with Crippen LogP contribution in [-0.4, -0.2) is 30.7 Å². The molecule has 19 heavy (non-hydrogen) atoms. The summed E-state index contributed by atoms with van der Waals surface area (Å²) in [5.41, 5.74) is 1.14. The van der Waals surface area contributed by atoms with E-state index in [-0.39, 0.29) is 5.41 Å². The van der Waals surface area contributed by atoms with Crippen LogP contribution in [0.2, 0.25) is 0 Å². The summed E-state index contributed by atoms with van der Waals surface area (Å²) < 4.78 is 37.3. The van der Waals surface area contributed by atoms with Crippen molar-refractivity contribution >= 4 is 0 Å². The molecule has 2 rings (SSSR count). The summed E-state index contributed by atoms with van der Waals surface area (Å²) in [5, 5.41) is 0. The molecule has 0 bridgehead atoms. The van der Waals surface area contributed by atoms with E-state index in [1.54, 1.807) is 4.90 Å². The molecule has 2 aliphatic rings. The van der Waals surface area contributed by atoms with Crippen molar-refractivity contribution in [2.75, 3.05) is 19.6 Å². The van der Waals surface area contributed by atoms with E-state index in [4.69, 9.17) is 0 Å². The number of halogens is 3. The Balaban J connectivity index is 2.09. The standard InChI is InChI=1S/C15H20F3N/c1-3-5-7-12(6-4-2)14-8-13(14)9-19(10-14)11-15(16,17)18/h3-7,13H,8-11H2,1-2H3/b5-3-,6-4-,12-7+. The van der Waals surface area contributed by atoms with Crippen molar-refractivity contribution in [3.8, 4) is 0 Å². The van der Waals surface area contributed by atoms with E-state index < -0.39 is 12.7 Å². The quantitative estimate of drug-likeness (QED) is 0.700. The molecule has 1 nitrogen and oxygen atoms in total. The van der Waals surface area contributed by atoms with Gasteiger partial charge in [-0.3, -0.25) is 4.90 Å². The van der Waals surface area contributed by atoms with Gasteiger partial charge in [0.2, 0.25) is 0 Å². The molecule has 4 heteroatoms. The topological polar surface area (TPSA) is 3.24 Å². The van der Waals surface area contributed by atoms with Crippen LogP contribution in [0.25, 0.3) is 0 Å². The van der Waals surface area contributed by atoms with Crippen LogP contribution in [0.4, 0.5) is 13.2 Å². The SMILES string of the molecule is C\C=C/C=C(\C=C/C)C12CC1CN(CC(F)(F)F)C2. The maximum absolute atomic E-state index is 12.4. The average Bonchev–Trinajstić information content (AvgIpc) is 2.86. The molecule has 0 aromatic carbocycles. The molecule has 1 aliphatic heterocycles. The van der Waals surface area contributed by atoms with Crippen LogP contribution in [0.5, 0.6) is 0 Å². The van der Waals surface area contributed by atoms with Gasteiger partial charge in [-0.25, -0.2) is 0 Å². The maximum atomic E-state index is 12.4. The summed E-state index contributed by atoms with van der Waals surface area (Å²) >= 11 is 0. The summed E-state index contributed by atoms with van der Waals surface area (Å²) in [4.78, 5) is 1.54. The van der Waals surface area contributed by atoms with Gasteiger partial charge in [0, 0.05) is 18.5 Å². The Morgan fingerprint density at radius 1 is 1.32 bits per heavy atom. The van der Waals surface area contributed by atoms with Crippen molar-refractivity contribution in [2.24, 2.45) is 11.3 Å². The molecule has 0 spiro atoms. The monoisotopic (exact) mass is 271 g/mol. The summed E-state index contributed by atoms with van der Waals surface area (Å²) in [5.74, 6) is 0.391. The smallest absolute Gasteiger partial charge is 0.294 e. The van der Waals surface area contributed by atoms with Crippen molar-refractivity contribution in [3.05, 3.63) is 36.0 Å². The van der Waals surface area contributed by atoms with Gasteiger partial charge in [-0.1, -0.05) is 30.4 Å². The van der Waals surface area contributed by atoms with E-state index in [0.29, 0.717) is 19.0 Å². The first-order valence-electron chi connectivity index (χ1n) is 6.66. The van der Waals surface area contributed by atoms with E-state index in [1.165, 1.54) is 5.57 Å². The van der Waals surface area contributed by atoms with Gasteiger partial charge >= 0.3 is 6.18 Å². The van der Waals surface area contributed by atoms with Crippen LogP contribution in [0.3, 0.4) is 0 Å². The van der Waals surface area contributed by atoms with Crippen molar-refractivity contribution < 1.29 is 13.2 Å². The third kappa shape index (κ3) is 3.11. The van der Waals surface area contributed by atoms with Gasteiger partial charge in [0.25, 0.3) is 0 Å². The molecule has 1 aliphatic carbocycles. The molecule has 0 radical (unpaired) electrons. The van der Waals surface area contributed by atoms with Crippen molar-refractivity contribution in [2.45, 2.75) is 26.4 Å². The van der Waals surface area contributed by atoms with Gasteiger partial charge in [0.15, 0.2) is 0 Å². The summed E-state index contributed by atoms with van der Waals surface area (Å²) in [6, 6.07) is 0. The molecule has 2 fully saturated rings. The van der Waals surface area contributed by atoms with Crippen LogP contribution in [0.1, 0.15) is 20.3 Å². The number of hydrogen-bond donors (Lipinski definition) is 0. The fraction of sp³-hybridized carbons (Fsp3) is 0.600. The molecule has 0 amide bonds. The summed E-state index contributed by atoms with van der Waals surface area (Å²) in [6.07, 6.45) is 6.88. The van der Waals surface area contributed by atoms with E-state index in [2.05, 4.69) is 0 Å². The number of nitrogens with zero attached hydrogens (tertiary/aromatic N) is 1. The number of likely N-dealkylation sites (tertiary alicyclic amines) is 1. The predicted octanol–water partition coefficient (Wildman–Crippen LogP) is 3.95. The van der Waals surface area contributed by atoms with E-state index in [1.807, 2.05) is 44.2 Å². The molecule has 1 saturated carbocycles. The largest absolute Gasteiger partial charge is 0.401 e. The molecule has 2 atom stereocenters. The highest BCUT2D eigenvalue weighted by molar-refractivity contribution is 5.39. The lowest BCUT2D eigenvalue weighted by atomic mass is 9.93. The fourth-order valence-electron chi connectivity index (χ4n) is 3.17. The first kappa shape index (κ1) is 14.4. The molecule has 1 saturated heterocycles. The van der Waals surface area contributed by atoms with Gasteiger partial charge in [-0.15, -0.1) is 0 Å². The Morgan fingerprint density at radius 2 is 2.05 bits per heavy atom. The Hall–Kier alpha value is -1.03. The Kier molecular flexibility index (Phi) is 3.90. The normalized spacial score (nSPS) is 32.5. The van der Waals surface area contributed by atoms with Gasteiger partial charge < -0.3 is 0 Å². The Morgan fingerprint density at radius 3 is 2.63 bits per heavy atom. The fourth-order valence-corrected chi connectivity index (χ4v) is 3.17. The van der Waals surface area contributed by atoms with Crippen molar-refractivity contribution in [3.63, 3.8) is 0 Å². The minimum absolute atomic E-state index is 0.0305. The first-order valence-corrected chi connectivity index (χ1v) is 6.66. The van der Waals surface area contributed by atoms with Crippen LogP contribution in [0.15, 0.2) is 36.0 Å². The van der Waals surface area contributed by atoms with E-state index in [9.17, 15) is 13.2 Å². The second-order valence-electron chi connectivity index (χ2n) is 5.49. The second kappa shape index (κ2) is 5.16. The highest BCUT2D eigenvalue weighted by Crippen LogP contribution is 2.62. The molecule has 2 unspecified atom stereocenters. The van der Waals surface area contributed by atoms with Gasteiger partial charge in [-0.2, -0.15) is 13.2 Å². The lowest BCUT2D eigenvalue weighted by Gasteiger charge is -2.22. The lowest BCUT2D eigenvalue weighted by Crippen LogP contribution is -2.35. The Labute approximate surface area is 112 Å². The number of hydrogen-bond acceptors (Lipinski definition) is 1. The molecule has 0 aromatic rings. The minimum atomic E-state index is -4.09. The molecular weight excluding hydrogens is 251 g/mol. The van der Waals surface area contributed by atoms with Crippen molar-refractivity contribution in [1.29, 1.82) is 0 Å². The van der Waals surface area contributed by atoms with Crippen molar-refractivity contribution in [1.82, 2.24) is 4.90 Å². The second-order valence-corrected chi connectivity index (χ2v) is 5.49. The zero-order valence-corrected chi connectivity index (χ0v) is 11.4. The van der Waals surface area contributed by atoms with E-state index >= 15 is 0 Å². The van der Waals surface area contributed by atoms with Gasteiger partial charge in [0.05, 0.1) is 6.54 Å². The van der Waals surface area contributed by atoms with E-state index in [0.717, 1.165) is 6.42 Å². The zero-order valence-electron chi connectivity index (χ0n) is 11.4.